The van der Waals surface area contributed by atoms with Gasteiger partial charge in [-0.25, -0.2) is 0 Å². The topological polar surface area (TPSA) is 51.6 Å². The van der Waals surface area contributed by atoms with Crippen LogP contribution in [0.5, 0.6) is 0 Å². The van der Waals surface area contributed by atoms with E-state index in [2.05, 4.69) is 26.2 Å². The van der Waals surface area contributed by atoms with Crippen molar-refractivity contribution in [1.29, 1.82) is 0 Å². The minimum absolute atomic E-state index is 0.606. The molecule has 112 valence electrons. The second kappa shape index (κ2) is 6.52. The molecule has 1 aliphatic heterocycles. The van der Waals surface area contributed by atoms with Crippen molar-refractivity contribution in [3.8, 4) is 0 Å². The molecule has 0 radical (unpaired) electrons. The summed E-state index contributed by atoms with van der Waals surface area (Å²) >= 11 is 0. The molecule has 1 aromatic rings. The van der Waals surface area contributed by atoms with Gasteiger partial charge in [-0.2, -0.15) is 0 Å². The average Bonchev–Trinajstić information content (AvgIpc) is 2.40. The number of pyridine rings is 1. The third-order valence-corrected chi connectivity index (χ3v) is 3.57. The van der Waals surface area contributed by atoms with Gasteiger partial charge in [-0.3, -0.25) is 14.8 Å². The summed E-state index contributed by atoms with van der Waals surface area (Å²) < 4.78 is 0. The Balaban J connectivity index is 1.82. The molecular weight excluding hydrogens is 252 g/mol. The first kappa shape index (κ1) is 15.2. The Morgan fingerprint density at radius 3 is 2.50 bits per heavy atom. The molecule has 0 aromatic carbocycles. The number of anilines is 1. The van der Waals surface area contributed by atoms with Gasteiger partial charge in [-0.15, -0.1) is 0 Å². The normalized spacial score (nSPS) is 18.2. The van der Waals surface area contributed by atoms with Gasteiger partial charge in [0.15, 0.2) is 0 Å². The summed E-state index contributed by atoms with van der Waals surface area (Å²) in [5, 5.41) is 13.0. The first-order valence-electron chi connectivity index (χ1n) is 7.26. The summed E-state index contributed by atoms with van der Waals surface area (Å²) in [4.78, 5) is 9.17. The average molecular weight is 278 g/mol. The number of aliphatic hydroxyl groups is 1. The monoisotopic (exact) mass is 278 g/mol. The Bertz CT molecular complexity index is 422. The fraction of sp³-hybridized carbons (Fsp3) is 0.667. The summed E-state index contributed by atoms with van der Waals surface area (Å²) in [5.74, 6) is 0. The fourth-order valence-electron chi connectivity index (χ4n) is 2.60. The summed E-state index contributed by atoms with van der Waals surface area (Å²) in [7, 11) is 1.93. The largest absolute Gasteiger partial charge is 0.389 e. The van der Waals surface area contributed by atoms with Crippen molar-refractivity contribution >= 4 is 5.69 Å². The number of nitrogens with one attached hydrogen (secondary N) is 1. The van der Waals surface area contributed by atoms with Crippen LogP contribution in [0.2, 0.25) is 0 Å². The van der Waals surface area contributed by atoms with Gasteiger partial charge >= 0.3 is 0 Å². The lowest BCUT2D eigenvalue weighted by atomic mass is 10.1. The van der Waals surface area contributed by atoms with E-state index in [1.54, 1.807) is 0 Å². The second-order valence-corrected chi connectivity index (χ2v) is 6.15. The summed E-state index contributed by atoms with van der Waals surface area (Å²) in [5.41, 5.74) is 1.61. The van der Waals surface area contributed by atoms with Crippen molar-refractivity contribution < 1.29 is 5.11 Å². The molecule has 2 N–H and O–H groups in total. The van der Waals surface area contributed by atoms with Gasteiger partial charge in [0.25, 0.3) is 0 Å². The van der Waals surface area contributed by atoms with Gasteiger partial charge in [-0.05, 0) is 26.0 Å². The minimum atomic E-state index is -0.606. The zero-order valence-corrected chi connectivity index (χ0v) is 12.8. The molecule has 0 aliphatic carbocycles. The summed E-state index contributed by atoms with van der Waals surface area (Å²) in [6.45, 7) is 9.45. The first-order chi connectivity index (χ1) is 9.46. The van der Waals surface area contributed by atoms with Crippen LogP contribution >= 0.6 is 0 Å². The molecule has 0 spiro atoms. The predicted octanol–water partition coefficient (Wildman–Crippen LogP) is 1.01. The van der Waals surface area contributed by atoms with Crippen molar-refractivity contribution in [2.45, 2.75) is 26.0 Å². The van der Waals surface area contributed by atoms with Gasteiger partial charge in [0, 0.05) is 58.2 Å². The standard InChI is InChI=1S/C15H26N4O/c1-15(2,20)12-19-8-6-18(7-9-19)11-14-10-13(16-3)4-5-17-14/h4-5,10,20H,6-9,11-12H2,1-3H3,(H,16,17). The SMILES string of the molecule is CNc1ccnc(CN2CCN(CC(C)(C)O)CC2)c1. The Kier molecular flexibility index (Phi) is 4.96. The molecule has 1 saturated heterocycles. The zero-order valence-electron chi connectivity index (χ0n) is 12.8. The van der Waals surface area contributed by atoms with E-state index < -0.39 is 5.60 Å². The Morgan fingerprint density at radius 1 is 1.25 bits per heavy atom. The third-order valence-electron chi connectivity index (χ3n) is 3.57. The lowest BCUT2D eigenvalue weighted by Gasteiger charge is -2.37. The molecule has 0 saturated carbocycles. The number of nitrogens with zero attached hydrogens (tertiary/aromatic N) is 3. The molecule has 0 bridgehead atoms. The van der Waals surface area contributed by atoms with Crippen molar-refractivity contribution in [1.82, 2.24) is 14.8 Å². The van der Waals surface area contributed by atoms with E-state index >= 15 is 0 Å². The highest BCUT2D eigenvalue weighted by atomic mass is 16.3. The van der Waals surface area contributed by atoms with Crippen LogP contribution in [0, 0.1) is 0 Å². The molecule has 1 fully saturated rings. The number of aromatic nitrogens is 1. The highest BCUT2D eigenvalue weighted by Crippen LogP contribution is 2.12. The lowest BCUT2D eigenvalue weighted by molar-refractivity contribution is 0.0165. The van der Waals surface area contributed by atoms with Gasteiger partial charge in [0.05, 0.1) is 11.3 Å². The van der Waals surface area contributed by atoms with Crippen LogP contribution in [-0.2, 0) is 6.54 Å². The Morgan fingerprint density at radius 2 is 1.90 bits per heavy atom. The van der Waals surface area contributed by atoms with Crippen LogP contribution in [0.1, 0.15) is 19.5 Å². The van der Waals surface area contributed by atoms with Crippen LogP contribution in [0.3, 0.4) is 0 Å². The first-order valence-corrected chi connectivity index (χ1v) is 7.26. The quantitative estimate of drug-likeness (QED) is 0.842. The molecule has 1 aliphatic rings. The molecule has 0 unspecified atom stereocenters. The second-order valence-electron chi connectivity index (χ2n) is 6.15. The summed E-state index contributed by atoms with van der Waals surface area (Å²) in [6, 6.07) is 4.08. The molecule has 2 heterocycles. The van der Waals surface area contributed by atoms with Crippen molar-refractivity contribution in [3.05, 3.63) is 24.0 Å². The lowest BCUT2D eigenvalue weighted by Crippen LogP contribution is -2.50. The predicted molar refractivity (Wildman–Crippen MR) is 81.8 cm³/mol. The van der Waals surface area contributed by atoms with Crippen LogP contribution < -0.4 is 5.32 Å². The summed E-state index contributed by atoms with van der Waals surface area (Å²) in [6.07, 6.45) is 1.85. The molecular formula is C15H26N4O. The van der Waals surface area contributed by atoms with Crippen molar-refractivity contribution in [3.63, 3.8) is 0 Å². The molecule has 5 nitrogen and oxygen atoms in total. The third kappa shape index (κ3) is 4.74. The van der Waals surface area contributed by atoms with E-state index in [-0.39, 0.29) is 0 Å². The van der Waals surface area contributed by atoms with Gasteiger partial charge in [0.1, 0.15) is 0 Å². The van der Waals surface area contributed by atoms with Crippen LogP contribution in [0.15, 0.2) is 18.3 Å². The number of piperazine rings is 1. The van der Waals surface area contributed by atoms with Crippen LogP contribution in [0.25, 0.3) is 0 Å². The fourth-order valence-corrected chi connectivity index (χ4v) is 2.60. The number of hydrogen-bond donors (Lipinski definition) is 2. The Labute approximate surface area is 121 Å². The van der Waals surface area contributed by atoms with E-state index in [0.717, 1.165) is 50.6 Å². The molecule has 20 heavy (non-hydrogen) atoms. The molecule has 1 aromatic heterocycles. The Hall–Kier alpha value is -1.17. The van der Waals surface area contributed by atoms with Crippen LogP contribution in [0.4, 0.5) is 5.69 Å². The number of β-amino-alcohol motifs (C(OH)–C–C–N with tert-alkyl or cyclic N) is 1. The highest BCUT2D eigenvalue weighted by molar-refractivity contribution is 5.42. The van der Waals surface area contributed by atoms with Crippen LogP contribution in [-0.4, -0.2) is 65.3 Å². The van der Waals surface area contributed by atoms with E-state index in [4.69, 9.17) is 0 Å². The smallest absolute Gasteiger partial charge is 0.0718 e. The molecule has 0 atom stereocenters. The van der Waals surface area contributed by atoms with Crippen molar-refractivity contribution in [2.75, 3.05) is 45.1 Å². The molecule has 2 rings (SSSR count). The van der Waals surface area contributed by atoms with E-state index in [1.165, 1.54) is 0 Å². The van der Waals surface area contributed by atoms with Gasteiger partial charge < -0.3 is 10.4 Å². The van der Waals surface area contributed by atoms with E-state index in [0.29, 0.717) is 0 Å². The minimum Gasteiger partial charge on any atom is -0.389 e. The highest BCUT2D eigenvalue weighted by Gasteiger charge is 2.22. The molecule has 0 amide bonds. The van der Waals surface area contributed by atoms with Gasteiger partial charge in [0.2, 0.25) is 0 Å². The maximum atomic E-state index is 9.86. The molecule has 5 heteroatoms. The van der Waals surface area contributed by atoms with Crippen molar-refractivity contribution in [2.24, 2.45) is 0 Å². The van der Waals surface area contributed by atoms with E-state index in [1.807, 2.05) is 33.2 Å². The number of hydrogen-bond acceptors (Lipinski definition) is 5. The maximum Gasteiger partial charge on any atom is 0.0718 e. The number of rotatable bonds is 5. The van der Waals surface area contributed by atoms with E-state index in [9.17, 15) is 5.11 Å². The maximum absolute atomic E-state index is 9.86. The zero-order chi connectivity index (χ0) is 14.6. The van der Waals surface area contributed by atoms with Gasteiger partial charge in [-0.1, -0.05) is 0 Å².